The summed E-state index contributed by atoms with van der Waals surface area (Å²) >= 11 is 0. The molecule has 132 valence electrons. The third-order valence-electron chi connectivity index (χ3n) is 4.30. The molecule has 1 unspecified atom stereocenters. The first-order chi connectivity index (χ1) is 11.1. The highest BCUT2D eigenvalue weighted by Gasteiger charge is 2.41. The van der Waals surface area contributed by atoms with Crippen molar-refractivity contribution in [1.29, 1.82) is 0 Å². The number of benzene rings is 1. The van der Waals surface area contributed by atoms with Crippen molar-refractivity contribution in [2.75, 3.05) is 18.4 Å². The van der Waals surface area contributed by atoms with Crippen molar-refractivity contribution in [2.45, 2.75) is 59.1 Å². The fraction of sp³-hybridized carbons (Fsp3) is 0.579. The third-order valence-corrected chi connectivity index (χ3v) is 4.30. The Hall–Kier alpha value is -1.88. The van der Waals surface area contributed by atoms with Crippen LogP contribution in [-0.4, -0.2) is 35.5 Å². The molecule has 0 bridgehead atoms. The molecule has 1 aromatic rings. The number of esters is 1. The molecule has 1 aliphatic rings. The minimum atomic E-state index is -0.507. The number of hydrogen-bond acceptors (Lipinski definition) is 4. The van der Waals surface area contributed by atoms with Gasteiger partial charge in [-0.05, 0) is 37.9 Å². The van der Waals surface area contributed by atoms with Crippen molar-refractivity contribution in [1.82, 2.24) is 4.90 Å². The molecule has 1 aliphatic heterocycles. The van der Waals surface area contributed by atoms with Crippen LogP contribution in [0.15, 0.2) is 18.2 Å². The molecule has 0 aromatic heterocycles. The Morgan fingerprint density at radius 1 is 1.42 bits per heavy atom. The number of carbonyl (C=O) groups excluding carboxylic acids is 2. The summed E-state index contributed by atoms with van der Waals surface area (Å²) in [6.45, 7) is 13.0. The van der Waals surface area contributed by atoms with E-state index < -0.39 is 11.6 Å². The maximum absolute atomic E-state index is 12.7. The van der Waals surface area contributed by atoms with E-state index in [1.807, 2.05) is 39.0 Å². The van der Waals surface area contributed by atoms with Gasteiger partial charge in [-0.25, -0.2) is 4.79 Å². The van der Waals surface area contributed by atoms with Gasteiger partial charge in [0.25, 0.3) is 0 Å². The van der Waals surface area contributed by atoms with Crippen molar-refractivity contribution in [2.24, 2.45) is 0 Å². The summed E-state index contributed by atoms with van der Waals surface area (Å²) in [7, 11) is 0. The van der Waals surface area contributed by atoms with Crippen molar-refractivity contribution in [3.05, 3.63) is 29.3 Å². The number of nitrogens with one attached hydrogen (secondary N) is 1. The number of nitrogens with zero attached hydrogens (tertiary/aromatic N) is 1. The zero-order valence-corrected chi connectivity index (χ0v) is 15.5. The van der Waals surface area contributed by atoms with Gasteiger partial charge in [-0.1, -0.05) is 32.9 Å². The quantitative estimate of drug-likeness (QED) is 0.858. The van der Waals surface area contributed by atoms with Crippen LogP contribution in [-0.2, 0) is 14.3 Å². The van der Waals surface area contributed by atoms with Crippen LogP contribution in [0, 0.1) is 0 Å². The molecular weight excluding hydrogens is 304 g/mol. The Morgan fingerprint density at radius 3 is 2.62 bits per heavy atom. The van der Waals surface area contributed by atoms with E-state index in [4.69, 9.17) is 4.74 Å². The van der Waals surface area contributed by atoms with Crippen LogP contribution < -0.4 is 5.32 Å². The number of carbonyl (C=O) groups is 2. The van der Waals surface area contributed by atoms with Gasteiger partial charge in [-0.3, -0.25) is 9.69 Å². The molecule has 5 nitrogen and oxygen atoms in total. The zero-order chi connectivity index (χ0) is 18.1. The summed E-state index contributed by atoms with van der Waals surface area (Å²) in [5.74, 6) is -0.0806. The second-order valence-electron chi connectivity index (χ2n) is 7.33. The van der Waals surface area contributed by atoms with Crippen LogP contribution >= 0.6 is 0 Å². The first kappa shape index (κ1) is 18.5. The monoisotopic (exact) mass is 332 g/mol. The molecule has 1 heterocycles. The van der Waals surface area contributed by atoms with E-state index in [2.05, 4.69) is 24.1 Å². The molecule has 1 atom stereocenters. The van der Waals surface area contributed by atoms with Gasteiger partial charge in [0.05, 0.1) is 0 Å². The van der Waals surface area contributed by atoms with Gasteiger partial charge in [0, 0.05) is 24.7 Å². The number of morpholine rings is 1. The minimum absolute atomic E-state index is 0.152. The van der Waals surface area contributed by atoms with E-state index in [1.54, 1.807) is 0 Å². The van der Waals surface area contributed by atoms with Gasteiger partial charge in [-0.15, -0.1) is 0 Å². The predicted molar refractivity (Wildman–Crippen MR) is 95.0 cm³/mol. The Balaban J connectivity index is 2.52. The van der Waals surface area contributed by atoms with Gasteiger partial charge in [0.2, 0.25) is 5.91 Å². The third kappa shape index (κ3) is 3.96. The summed E-state index contributed by atoms with van der Waals surface area (Å²) in [5.41, 5.74) is 2.10. The summed E-state index contributed by atoms with van der Waals surface area (Å²) < 4.78 is 5.64. The van der Waals surface area contributed by atoms with E-state index in [1.165, 1.54) is 6.92 Å². The molecule has 0 radical (unpaired) electrons. The van der Waals surface area contributed by atoms with E-state index in [0.29, 0.717) is 18.2 Å². The second kappa shape index (κ2) is 6.93. The van der Waals surface area contributed by atoms with Gasteiger partial charge < -0.3 is 10.1 Å². The molecular formula is C19H28N2O3. The van der Waals surface area contributed by atoms with E-state index in [-0.39, 0.29) is 11.9 Å². The van der Waals surface area contributed by atoms with Gasteiger partial charge in [-0.2, -0.15) is 0 Å². The smallest absolute Gasteiger partial charge is 0.328 e. The van der Waals surface area contributed by atoms with E-state index in [9.17, 15) is 9.59 Å². The minimum Gasteiger partial charge on any atom is -0.457 e. The maximum Gasteiger partial charge on any atom is 0.328 e. The summed E-state index contributed by atoms with van der Waals surface area (Å²) in [6, 6.07) is 5.40. The number of hydrogen-bond donors (Lipinski definition) is 1. The highest BCUT2D eigenvalue weighted by molar-refractivity contribution is 5.91. The van der Waals surface area contributed by atoms with Crippen LogP contribution in [0.5, 0.6) is 0 Å². The molecule has 1 saturated heterocycles. The highest BCUT2D eigenvalue weighted by atomic mass is 16.6. The lowest BCUT2D eigenvalue weighted by Gasteiger charge is -2.42. The standard InChI is InChI=1S/C19H28N2O3/c1-7-21-11-19(5,6)24-18(23)17(21)15-10-14(12(2)3)8-9-16(15)20-13(4)22/h8-10,12,17H,7,11H2,1-6H3,(H,20,22). The average molecular weight is 332 g/mol. The van der Waals surface area contributed by atoms with Crippen LogP contribution in [0.3, 0.4) is 0 Å². The normalized spacial score (nSPS) is 20.8. The number of ether oxygens (including phenoxy) is 1. The summed E-state index contributed by atoms with van der Waals surface area (Å²) in [4.78, 5) is 26.4. The summed E-state index contributed by atoms with van der Waals surface area (Å²) in [6.07, 6.45) is 0. The molecule has 2 rings (SSSR count). The molecule has 1 N–H and O–H groups in total. The molecule has 0 saturated carbocycles. The molecule has 24 heavy (non-hydrogen) atoms. The lowest BCUT2D eigenvalue weighted by atomic mass is 9.93. The molecule has 1 amide bonds. The van der Waals surface area contributed by atoms with Gasteiger partial charge in [0.15, 0.2) is 0 Å². The van der Waals surface area contributed by atoms with Crippen molar-refractivity contribution < 1.29 is 14.3 Å². The number of amides is 1. The topological polar surface area (TPSA) is 58.6 Å². The largest absolute Gasteiger partial charge is 0.457 e. The average Bonchev–Trinajstić information content (AvgIpc) is 2.45. The number of anilines is 1. The maximum atomic E-state index is 12.7. The first-order valence-corrected chi connectivity index (χ1v) is 8.53. The highest BCUT2D eigenvalue weighted by Crippen LogP contribution is 2.36. The predicted octanol–water partition coefficient (Wildman–Crippen LogP) is 3.47. The zero-order valence-electron chi connectivity index (χ0n) is 15.5. The van der Waals surface area contributed by atoms with Crippen molar-refractivity contribution >= 4 is 17.6 Å². The fourth-order valence-corrected chi connectivity index (χ4v) is 3.18. The van der Waals surface area contributed by atoms with Gasteiger partial charge in [0.1, 0.15) is 11.6 Å². The Bertz CT molecular complexity index is 637. The molecule has 1 aromatic carbocycles. The number of cyclic esters (lactones) is 1. The van der Waals surface area contributed by atoms with Crippen LogP contribution in [0.25, 0.3) is 0 Å². The molecule has 0 aliphatic carbocycles. The van der Waals surface area contributed by atoms with Crippen molar-refractivity contribution in [3.63, 3.8) is 0 Å². The lowest BCUT2D eigenvalue weighted by molar-refractivity contribution is -0.178. The first-order valence-electron chi connectivity index (χ1n) is 8.53. The lowest BCUT2D eigenvalue weighted by Crippen LogP contribution is -2.52. The molecule has 5 heteroatoms. The second-order valence-corrected chi connectivity index (χ2v) is 7.33. The Morgan fingerprint density at radius 2 is 2.08 bits per heavy atom. The van der Waals surface area contributed by atoms with E-state index in [0.717, 1.165) is 17.7 Å². The van der Waals surface area contributed by atoms with Gasteiger partial charge >= 0.3 is 5.97 Å². The number of likely N-dealkylation sites (N-methyl/N-ethyl adjacent to an activating group) is 1. The van der Waals surface area contributed by atoms with Crippen LogP contribution in [0.2, 0.25) is 0 Å². The van der Waals surface area contributed by atoms with E-state index >= 15 is 0 Å². The van der Waals surface area contributed by atoms with Crippen LogP contribution in [0.1, 0.15) is 64.6 Å². The molecule has 0 spiro atoms. The molecule has 1 fully saturated rings. The Kier molecular flexibility index (Phi) is 5.33. The van der Waals surface area contributed by atoms with Crippen molar-refractivity contribution in [3.8, 4) is 0 Å². The number of rotatable bonds is 4. The van der Waals surface area contributed by atoms with Crippen LogP contribution in [0.4, 0.5) is 5.69 Å². The fourth-order valence-electron chi connectivity index (χ4n) is 3.18. The SMILES string of the molecule is CCN1CC(C)(C)OC(=O)C1c1cc(C(C)C)ccc1NC(C)=O. The summed E-state index contributed by atoms with van der Waals surface area (Å²) in [5, 5.41) is 2.85. The Labute approximate surface area is 144 Å².